The minimum absolute atomic E-state index is 0.0586. The fraction of sp³-hybridized carbons (Fsp3) is 0.857. The van der Waals surface area contributed by atoms with Crippen molar-refractivity contribution in [1.82, 2.24) is 0 Å². The molecule has 2 bridgehead atoms. The molecule has 174 valence electrons. The monoisotopic (exact) mass is 428 g/mol. The number of aliphatic hydroxyl groups is 1. The van der Waals surface area contributed by atoms with E-state index in [0.29, 0.717) is 12.3 Å². The maximum atomic E-state index is 10.4. The van der Waals surface area contributed by atoms with E-state index in [0.717, 1.165) is 42.9 Å². The van der Waals surface area contributed by atoms with Gasteiger partial charge in [0, 0.05) is 17.8 Å². The average Bonchev–Trinajstić information content (AvgIpc) is 3.09. The molecule has 0 aromatic heterocycles. The molecule has 1 saturated heterocycles. The van der Waals surface area contributed by atoms with Gasteiger partial charge in [0.25, 0.3) is 0 Å². The van der Waals surface area contributed by atoms with E-state index in [1.807, 2.05) is 0 Å². The van der Waals surface area contributed by atoms with Gasteiger partial charge in [-0.15, -0.1) is 0 Å². The van der Waals surface area contributed by atoms with Gasteiger partial charge in [0.2, 0.25) is 0 Å². The molecule has 3 heteroatoms. The third-order valence-electron chi connectivity index (χ3n) is 11.0. The maximum Gasteiger partial charge on any atom is 0.147 e. The Labute approximate surface area is 189 Å². The Morgan fingerprint density at radius 3 is 2.48 bits per heavy atom. The number of fused-ring (bicyclic) bond motifs is 2. The van der Waals surface area contributed by atoms with Crippen LogP contribution in [-0.4, -0.2) is 22.4 Å². The fourth-order valence-corrected chi connectivity index (χ4v) is 8.43. The zero-order valence-electron chi connectivity index (χ0n) is 20.6. The third-order valence-corrected chi connectivity index (χ3v) is 11.0. The summed E-state index contributed by atoms with van der Waals surface area (Å²) >= 11 is 0. The molecule has 2 aliphatic heterocycles. The molecule has 2 spiro atoms. The molecule has 6 aliphatic rings. The third kappa shape index (κ3) is 2.88. The Bertz CT molecular complexity index is 785. The van der Waals surface area contributed by atoms with Crippen LogP contribution < -0.4 is 0 Å². The van der Waals surface area contributed by atoms with Crippen LogP contribution in [0.25, 0.3) is 0 Å². The topological polar surface area (TPSA) is 38.7 Å². The predicted octanol–water partition coefficient (Wildman–Crippen LogP) is 6.62. The first-order chi connectivity index (χ1) is 14.6. The number of hydrogen-bond acceptors (Lipinski definition) is 3. The Morgan fingerprint density at radius 2 is 1.81 bits per heavy atom. The molecule has 1 N–H and O–H groups in total. The Kier molecular flexibility index (Phi) is 5.13. The summed E-state index contributed by atoms with van der Waals surface area (Å²) in [5.41, 5.74) is 0.775. The summed E-state index contributed by atoms with van der Waals surface area (Å²) in [6, 6.07) is 0. The normalized spacial score (nSPS) is 49.9. The minimum atomic E-state index is -0.496. The highest BCUT2D eigenvalue weighted by atomic mass is 17.2. The lowest BCUT2D eigenvalue weighted by molar-refractivity contribution is -0.455. The Balaban J connectivity index is 1.44. The van der Waals surface area contributed by atoms with Crippen molar-refractivity contribution < 1.29 is 14.9 Å². The summed E-state index contributed by atoms with van der Waals surface area (Å²) < 4.78 is 0. The van der Waals surface area contributed by atoms with Crippen LogP contribution in [0.5, 0.6) is 0 Å². The van der Waals surface area contributed by atoms with Crippen molar-refractivity contribution in [2.45, 2.75) is 110 Å². The molecule has 0 amide bonds. The van der Waals surface area contributed by atoms with Crippen molar-refractivity contribution in [3.8, 4) is 0 Å². The number of rotatable bonds is 5. The van der Waals surface area contributed by atoms with Crippen LogP contribution in [-0.2, 0) is 9.78 Å². The van der Waals surface area contributed by atoms with E-state index >= 15 is 0 Å². The van der Waals surface area contributed by atoms with Gasteiger partial charge in [-0.2, -0.15) is 0 Å². The summed E-state index contributed by atoms with van der Waals surface area (Å²) in [6.45, 7) is 14.5. The highest BCUT2D eigenvalue weighted by molar-refractivity contribution is 5.48. The van der Waals surface area contributed by atoms with E-state index in [9.17, 15) is 5.11 Å². The molecule has 31 heavy (non-hydrogen) atoms. The van der Waals surface area contributed by atoms with Crippen LogP contribution in [0.4, 0.5) is 0 Å². The van der Waals surface area contributed by atoms with Gasteiger partial charge < -0.3 is 5.11 Å². The van der Waals surface area contributed by atoms with Crippen molar-refractivity contribution in [2.75, 3.05) is 0 Å². The number of aliphatic hydroxyl groups excluding tert-OH is 1. The molecular weight excluding hydrogens is 384 g/mol. The van der Waals surface area contributed by atoms with Crippen LogP contribution in [0, 0.1) is 40.4 Å². The quantitative estimate of drug-likeness (QED) is 0.395. The largest absolute Gasteiger partial charge is 0.393 e. The van der Waals surface area contributed by atoms with E-state index in [1.165, 1.54) is 31.3 Å². The van der Waals surface area contributed by atoms with Crippen molar-refractivity contribution in [2.24, 2.45) is 40.4 Å². The van der Waals surface area contributed by atoms with Crippen LogP contribution in [0.3, 0.4) is 0 Å². The smallest absolute Gasteiger partial charge is 0.147 e. The van der Waals surface area contributed by atoms with E-state index in [-0.39, 0.29) is 16.9 Å². The predicted molar refractivity (Wildman–Crippen MR) is 124 cm³/mol. The average molecular weight is 429 g/mol. The first kappa shape index (κ1) is 22.2. The maximum absolute atomic E-state index is 10.4. The molecule has 0 aromatic carbocycles. The van der Waals surface area contributed by atoms with Crippen LogP contribution in [0.1, 0.15) is 92.9 Å². The summed E-state index contributed by atoms with van der Waals surface area (Å²) in [6.07, 6.45) is 15.7. The molecule has 9 atom stereocenters. The van der Waals surface area contributed by atoms with Gasteiger partial charge in [-0.25, -0.2) is 9.78 Å². The molecule has 2 saturated carbocycles. The highest BCUT2D eigenvalue weighted by Crippen LogP contribution is 2.71. The van der Waals surface area contributed by atoms with Gasteiger partial charge in [-0.1, -0.05) is 60.5 Å². The van der Waals surface area contributed by atoms with Crippen LogP contribution >= 0.6 is 0 Å². The van der Waals surface area contributed by atoms with E-state index in [4.69, 9.17) is 9.78 Å². The van der Waals surface area contributed by atoms with Gasteiger partial charge in [-0.3, -0.25) is 0 Å². The molecule has 2 heterocycles. The first-order valence-electron chi connectivity index (χ1n) is 13.0. The zero-order chi connectivity index (χ0) is 22.2. The lowest BCUT2D eigenvalue weighted by Crippen LogP contribution is -2.69. The fourth-order valence-electron chi connectivity index (χ4n) is 8.43. The van der Waals surface area contributed by atoms with Crippen LogP contribution in [0.2, 0.25) is 0 Å². The molecule has 4 aliphatic carbocycles. The lowest BCUT2D eigenvalue weighted by Gasteiger charge is -2.66. The number of hydrogen-bond donors (Lipinski definition) is 1. The summed E-state index contributed by atoms with van der Waals surface area (Å²) in [4.78, 5) is 12.7. The Hall–Kier alpha value is -0.640. The van der Waals surface area contributed by atoms with Crippen molar-refractivity contribution in [3.63, 3.8) is 0 Å². The summed E-state index contributed by atoms with van der Waals surface area (Å²) in [5.74, 6) is 3.55. The van der Waals surface area contributed by atoms with Gasteiger partial charge in [0.1, 0.15) is 11.2 Å². The first-order valence-corrected chi connectivity index (χ1v) is 13.0. The van der Waals surface area contributed by atoms with E-state index < -0.39 is 11.2 Å². The summed E-state index contributed by atoms with van der Waals surface area (Å²) in [7, 11) is 0. The van der Waals surface area contributed by atoms with Crippen LogP contribution in [0.15, 0.2) is 23.8 Å². The second-order valence-electron chi connectivity index (χ2n) is 12.8. The van der Waals surface area contributed by atoms with Crippen molar-refractivity contribution in [1.29, 1.82) is 0 Å². The molecule has 0 aromatic rings. The molecule has 0 radical (unpaired) electrons. The van der Waals surface area contributed by atoms with E-state index in [2.05, 4.69) is 59.8 Å². The molecule has 3 nitrogen and oxygen atoms in total. The summed E-state index contributed by atoms with van der Waals surface area (Å²) in [5, 5.41) is 10.4. The number of allylic oxidation sites excluding steroid dienone is 1. The SMILES string of the molecule is CC(C)[C@H](C)CC[C@@H](C)[C@H]1CC[C@H]2[C@]1(C)CC=C1[C@]23C=C[C@]2(C[C@@H](O)CC[C@]12C)OO3. The second-order valence-corrected chi connectivity index (χ2v) is 12.8. The zero-order valence-corrected chi connectivity index (χ0v) is 20.6. The molecule has 3 fully saturated rings. The van der Waals surface area contributed by atoms with Crippen molar-refractivity contribution >= 4 is 0 Å². The van der Waals surface area contributed by atoms with Gasteiger partial charge in [-0.05, 0) is 78.9 Å². The van der Waals surface area contributed by atoms with Gasteiger partial charge in [0.05, 0.1) is 6.10 Å². The molecular formula is C28H44O3. The van der Waals surface area contributed by atoms with Gasteiger partial charge in [0.15, 0.2) is 0 Å². The highest BCUT2D eigenvalue weighted by Gasteiger charge is 2.71. The second kappa shape index (κ2) is 7.18. The minimum Gasteiger partial charge on any atom is -0.393 e. The van der Waals surface area contributed by atoms with Crippen molar-refractivity contribution in [3.05, 3.63) is 23.8 Å². The van der Waals surface area contributed by atoms with Gasteiger partial charge >= 0.3 is 0 Å². The molecule has 6 rings (SSSR count). The Morgan fingerprint density at radius 1 is 1.03 bits per heavy atom. The standard InChI is InChI=1S/C28H44O3/c1-18(2)19(3)7-8-20(4)22-9-10-23-25(22,5)13-12-24-26(6)14-11-21(29)17-27(26)15-16-28(23,24)31-30-27/h12,15-16,18-23,29H,7-11,13-14,17H2,1-6H3/t19-,20-,21+,22-,23+,25-,26-,27-,28+/m1/s1. The molecule has 0 unspecified atom stereocenters. The lowest BCUT2D eigenvalue weighted by atomic mass is 9.46. The van der Waals surface area contributed by atoms with E-state index in [1.54, 1.807) is 0 Å².